The normalized spacial score (nSPS) is 12.2. The van der Waals surface area contributed by atoms with E-state index in [1.54, 1.807) is 12.3 Å². The number of hydrogen-bond acceptors (Lipinski definition) is 5. The molecule has 1 aromatic heterocycles. The highest BCUT2D eigenvalue weighted by Crippen LogP contribution is 2.17. The number of nitrogens with one attached hydrogen (secondary N) is 2. The van der Waals surface area contributed by atoms with Gasteiger partial charge >= 0.3 is 0 Å². The van der Waals surface area contributed by atoms with Crippen molar-refractivity contribution >= 4 is 11.8 Å². The minimum absolute atomic E-state index is 0.0517. The maximum absolute atomic E-state index is 11.5. The van der Waals surface area contributed by atoms with Gasteiger partial charge in [0.25, 0.3) is 0 Å². The van der Waals surface area contributed by atoms with Crippen molar-refractivity contribution in [1.29, 1.82) is 0 Å². The molecular formula is C12H20N4O3. The fourth-order valence-corrected chi connectivity index (χ4v) is 1.54. The number of rotatable bonds is 7. The van der Waals surface area contributed by atoms with E-state index >= 15 is 0 Å². The number of hydrogen-bond donors (Lipinski definition) is 3. The summed E-state index contributed by atoms with van der Waals surface area (Å²) in [4.78, 5) is 24.4. The molecule has 0 aliphatic heterocycles. The molecule has 1 unspecified atom stereocenters. The van der Waals surface area contributed by atoms with Crippen molar-refractivity contribution in [3.8, 4) is 0 Å². The van der Waals surface area contributed by atoms with E-state index in [0.29, 0.717) is 6.54 Å². The van der Waals surface area contributed by atoms with Gasteiger partial charge in [0.2, 0.25) is 11.8 Å². The Bertz CT molecular complexity index is 403. The number of likely N-dealkylation sites (N-methyl/N-ethyl adjacent to an activating group) is 1. The van der Waals surface area contributed by atoms with Gasteiger partial charge in [-0.1, -0.05) is 0 Å². The summed E-state index contributed by atoms with van der Waals surface area (Å²) in [6, 6.07) is 3.60. The molecule has 4 N–H and O–H groups in total. The molecular weight excluding hydrogens is 248 g/mol. The summed E-state index contributed by atoms with van der Waals surface area (Å²) in [7, 11) is 3.80. The molecule has 0 aromatic carbocycles. The van der Waals surface area contributed by atoms with Crippen LogP contribution in [-0.4, -0.2) is 50.4 Å². The largest absolute Gasteiger partial charge is 0.468 e. The smallest absolute Gasteiger partial charge is 0.239 e. The van der Waals surface area contributed by atoms with Crippen LogP contribution in [0.3, 0.4) is 0 Å². The van der Waals surface area contributed by atoms with Gasteiger partial charge in [0.05, 0.1) is 25.4 Å². The molecule has 0 saturated heterocycles. The Morgan fingerprint density at radius 1 is 1.37 bits per heavy atom. The number of carbonyl (C=O) groups excluding carboxylic acids is 2. The second-order valence-electron chi connectivity index (χ2n) is 4.28. The Hall–Kier alpha value is -1.86. The van der Waals surface area contributed by atoms with E-state index in [9.17, 15) is 9.59 Å². The number of carbonyl (C=O) groups is 2. The molecule has 7 heteroatoms. The molecule has 1 aromatic rings. The van der Waals surface area contributed by atoms with Crippen LogP contribution in [-0.2, 0) is 9.59 Å². The van der Waals surface area contributed by atoms with Crippen molar-refractivity contribution in [2.45, 2.75) is 6.04 Å². The van der Waals surface area contributed by atoms with E-state index in [1.165, 1.54) is 0 Å². The molecule has 0 fully saturated rings. The van der Waals surface area contributed by atoms with E-state index in [2.05, 4.69) is 10.6 Å². The lowest BCUT2D eigenvalue weighted by Crippen LogP contribution is -2.42. The van der Waals surface area contributed by atoms with Crippen molar-refractivity contribution in [3.63, 3.8) is 0 Å². The first-order valence-electron chi connectivity index (χ1n) is 5.98. The predicted molar refractivity (Wildman–Crippen MR) is 70.2 cm³/mol. The number of furan rings is 1. The van der Waals surface area contributed by atoms with Crippen LogP contribution in [0.5, 0.6) is 0 Å². The Morgan fingerprint density at radius 2 is 2.11 bits per heavy atom. The molecule has 2 amide bonds. The Labute approximate surface area is 112 Å². The van der Waals surface area contributed by atoms with E-state index in [1.807, 2.05) is 25.1 Å². The first-order valence-corrected chi connectivity index (χ1v) is 5.98. The summed E-state index contributed by atoms with van der Waals surface area (Å²) in [5.74, 6) is 0.154. The predicted octanol–water partition coefficient (Wildman–Crippen LogP) is -0.927. The topological polar surface area (TPSA) is 101 Å². The van der Waals surface area contributed by atoms with Gasteiger partial charge in [0.15, 0.2) is 0 Å². The van der Waals surface area contributed by atoms with Gasteiger partial charge in [0.1, 0.15) is 5.76 Å². The van der Waals surface area contributed by atoms with Crippen LogP contribution >= 0.6 is 0 Å². The quantitative estimate of drug-likeness (QED) is 0.593. The molecule has 1 rings (SSSR count). The van der Waals surface area contributed by atoms with Crippen molar-refractivity contribution in [1.82, 2.24) is 15.5 Å². The molecule has 0 aliphatic rings. The summed E-state index contributed by atoms with van der Waals surface area (Å²) in [6.45, 7) is 0.201. The molecule has 1 atom stereocenters. The van der Waals surface area contributed by atoms with E-state index in [-0.39, 0.29) is 30.9 Å². The average molecular weight is 268 g/mol. The van der Waals surface area contributed by atoms with Gasteiger partial charge in [-0.3, -0.25) is 14.5 Å². The summed E-state index contributed by atoms with van der Waals surface area (Å²) in [5, 5.41) is 5.14. The standard InChI is InChI=1S/C12H20N4O3/c1-16(2)9(10-4-3-5-19-10)7-14-12(18)8-15-11(17)6-13/h3-5,9H,6-8,13H2,1-2H3,(H,14,18)(H,15,17). The third-order valence-electron chi connectivity index (χ3n) is 2.62. The van der Waals surface area contributed by atoms with Gasteiger partial charge in [-0.25, -0.2) is 0 Å². The van der Waals surface area contributed by atoms with E-state index in [4.69, 9.17) is 10.2 Å². The van der Waals surface area contributed by atoms with Crippen LogP contribution in [0, 0.1) is 0 Å². The Balaban J connectivity index is 2.40. The van der Waals surface area contributed by atoms with Crippen molar-refractivity contribution in [2.75, 3.05) is 33.7 Å². The molecule has 0 spiro atoms. The van der Waals surface area contributed by atoms with E-state index in [0.717, 1.165) is 5.76 Å². The zero-order valence-electron chi connectivity index (χ0n) is 11.2. The zero-order valence-corrected chi connectivity index (χ0v) is 11.2. The van der Waals surface area contributed by atoms with Crippen LogP contribution in [0.4, 0.5) is 0 Å². The fraction of sp³-hybridized carbons (Fsp3) is 0.500. The second kappa shape index (κ2) is 7.55. The minimum atomic E-state index is -0.356. The lowest BCUT2D eigenvalue weighted by molar-refractivity contribution is -0.125. The van der Waals surface area contributed by atoms with Crippen molar-refractivity contribution in [2.24, 2.45) is 5.73 Å². The zero-order chi connectivity index (χ0) is 14.3. The van der Waals surface area contributed by atoms with E-state index < -0.39 is 0 Å². The van der Waals surface area contributed by atoms with Crippen LogP contribution in [0.1, 0.15) is 11.8 Å². The van der Waals surface area contributed by atoms with Crippen LogP contribution in [0.2, 0.25) is 0 Å². The minimum Gasteiger partial charge on any atom is -0.468 e. The number of amides is 2. The van der Waals surface area contributed by atoms with Gasteiger partial charge in [0, 0.05) is 6.54 Å². The molecule has 106 valence electrons. The maximum Gasteiger partial charge on any atom is 0.239 e. The third-order valence-corrected chi connectivity index (χ3v) is 2.62. The van der Waals surface area contributed by atoms with Crippen molar-refractivity contribution in [3.05, 3.63) is 24.2 Å². The number of nitrogens with two attached hydrogens (primary N) is 1. The van der Waals surface area contributed by atoms with Crippen LogP contribution in [0.25, 0.3) is 0 Å². The second-order valence-corrected chi connectivity index (χ2v) is 4.28. The molecule has 0 aliphatic carbocycles. The van der Waals surface area contributed by atoms with Crippen LogP contribution < -0.4 is 16.4 Å². The molecule has 1 heterocycles. The first-order chi connectivity index (χ1) is 9.04. The average Bonchev–Trinajstić information content (AvgIpc) is 2.89. The highest BCUT2D eigenvalue weighted by Gasteiger charge is 2.17. The van der Waals surface area contributed by atoms with Crippen molar-refractivity contribution < 1.29 is 14.0 Å². The summed E-state index contributed by atoms with van der Waals surface area (Å²) in [6.07, 6.45) is 1.59. The van der Waals surface area contributed by atoms with Gasteiger partial charge in [-0.05, 0) is 26.2 Å². The fourth-order valence-electron chi connectivity index (χ4n) is 1.54. The van der Waals surface area contributed by atoms with Gasteiger partial charge in [-0.2, -0.15) is 0 Å². The summed E-state index contributed by atoms with van der Waals surface area (Å²) in [5.41, 5.74) is 5.12. The molecule has 0 bridgehead atoms. The lowest BCUT2D eigenvalue weighted by atomic mass is 10.2. The van der Waals surface area contributed by atoms with Crippen LogP contribution in [0.15, 0.2) is 22.8 Å². The van der Waals surface area contributed by atoms with Gasteiger partial charge < -0.3 is 20.8 Å². The maximum atomic E-state index is 11.5. The highest BCUT2D eigenvalue weighted by molar-refractivity contribution is 5.85. The lowest BCUT2D eigenvalue weighted by Gasteiger charge is -2.22. The Kier molecular flexibility index (Phi) is 6.04. The molecule has 19 heavy (non-hydrogen) atoms. The van der Waals surface area contributed by atoms with Gasteiger partial charge in [-0.15, -0.1) is 0 Å². The molecule has 0 saturated carbocycles. The molecule has 0 radical (unpaired) electrons. The highest BCUT2D eigenvalue weighted by atomic mass is 16.3. The SMILES string of the molecule is CN(C)C(CNC(=O)CNC(=O)CN)c1ccco1. The monoisotopic (exact) mass is 268 g/mol. The summed E-state index contributed by atoms with van der Waals surface area (Å²) >= 11 is 0. The summed E-state index contributed by atoms with van der Waals surface area (Å²) < 4.78 is 5.33. The first kappa shape index (κ1) is 15.2. The number of nitrogens with zero attached hydrogens (tertiary/aromatic N) is 1. The Morgan fingerprint density at radius 3 is 2.63 bits per heavy atom. The third kappa shape index (κ3) is 5.11. The molecule has 7 nitrogen and oxygen atoms in total.